The Labute approximate surface area is 196 Å². The molecule has 1 heterocycles. The first kappa shape index (κ1) is 24.5. The molecule has 2 atom stereocenters. The lowest BCUT2D eigenvalue weighted by Crippen LogP contribution is -2.55. The lowest BCUT2D eigenvalue weighted by atomic mass is 9.88. The normalized spacial score (nSPS) is 16.1. The van der Waals surface area contributed by atoms with Crippen LogP contribution in [0.2, 0.25) is 0 Å². The van der Waals surface area contributed by atoms with Gasteiger partial charge in [0.2, 0.25) is 5.91 Å². The Morgan fingerprint density at radius 2 is 1.61 bits per heavy atom. The summed E-state index contributed by atoms with van der Waals surface area (Å²) in [6.07, 6.45) is 2.13. The average molecular weight is 450 g/mol. The number of carbonyl (C=O) groups excluding carboxylic acids is 3. The highest BCUT2D eigenvalue weighted by Gasteiger charge is 2.34. The highest BCUT2D eigenvalue weighted by atomic mass is 16.2. The van der Waals surface area contributed by atoms with Crippen LogP contribution in [0.1, 0.15) is 65.0 Å². The third-order valence-corrected chi connectivity index (χ3v) is 6.45. The molecule has 1 saturated heterocycles. The van der Waals surface area contributed by atoms with Crippen LogP contribution in [-0.2, 0) is 4.79 Å². The lowest BCUT2D eigenvalue weighted by Gasteiger charge is -2.36. The molecule has 2 aromatic rings. The maximum absolute atomic E-state index is 13.1. The van der Waals surface area contributed by atoms with Crippen molar-refractivity contribution in [3.05, 3.63) is 70.8 Å². The SMILES string of the molecule is CCC(C)NC(=O)C(NC(=O)c1cccc(C)c1)C1CCN(C(=O)c2ccc(C)cc2)CC1. The standard InChI is InChI=1S/C27H35N3O3/c1-5-20(4)28-26(32)24(29-25(31)23-8-6-7-19(3)17-23)21-13-15-30(16-14-21)27(33)22-11-9-18(2)10-12-22/h6-12,17,20-21,24H,5,13-16H2,1-4H3,(H,28,32)(H,29,31). The van der Waals surface area contributed by atoms with E-state index in [0.717, 1.165) is 17.5 Å². The topological polar surface area (TPSA) is 78.5 Å². The van der Waals surface area contributed by atoms with E-state index in [2.05, 4.69) is 10.6 Å². The zero-order valence-corrected chi connectivity index (χ0v) is 20.1. The maximum atomic E-state index is 13.1. The first-order valence-electron chi connectivity index (χ1n) is 11.8. The van der Waals surface area contributed by atoms with Crippen molar-refractivity contribution in [1.82, 2.24) is 15.5 Å². The first-order chi connectivity index (χ1) is 15.8. The van der Waals surface area contributed by atoms with Crippen LogP contribution in [0.5, 0.6) is 0 Å². The molecule has 0 radical (unpaired) electrons. The summed E-state index contributed by atoms with van der Waals surface area (Å²) < 4.78 is 0. The van der Waals surface area contributed by atoms with E-state index in [-0.39, 0.29) is 29.7 Å². The van der Waals surface area contributed by atoms with Gasteiger partial charge in [0, 0.05) is 30.3 Å². The number of rotatable bonds is 7. The van der Waals surface area contributed by atoms with Gasteiger partial charge in [-0.3, -0.25) is 14.4 Å². The number of amides is 3. The van der Waals surface area contributed by atoms with E-state index in [1.807, 2.05) is 75.1 Å². The number of carbonyl (C=O) groups is 3. The average Bonchev–Trinajstić information content (AvgIpc) is 2.82. The first-order valence-corrected chi connectivity index (χ1v) is 11.8. The molecule has 6 heteroatoms. The van der Waals surface area contributed by atoms with Crippen LogP contribution in [0.25, 0.3) is 0 Å². The molecule has 1 fully saturated rings. The predicted molar refractivity (Wildman–Crippen MR) is 130 cm³/mol. The maximum Gasteiger partial charge on any atom is 0.253 e. The van der Waals surface area contributed by atoms with Gasteiger partial charge in [-0.2, -0.15) is 0 Å². The minimum Gasteiger partial charge on any atom is -0.352 e. The Kier molecular flexibility index (Phi) is 8.26. The largest absolute Gasteiger partial charge is 0.352 e. The molecule has 1 aliphatic rings. The fraction of sp³-hybridized carbons (Fsp3) is 0.444. The van der Waals surface area contributed by atoms with Crippen molar-refractivity contribution >= 4 is 17.7 Å². The van der Waals surface area contributed by atoms with Gasteiger partial charge in [-0.15, -0.1) is 0 Å². The monoisotopic (exact) mass is 449 g/mol. The second-order valence-corrected chi connectivity index (χ2v) is 9.13. The van der Waals surface area contributed by atoms with Gasteiger partial charge in [-0.1, -0.05) is 42.3 Å². The van der Waals surface area contributed by atoms with Crippen molar-refractivity contribution in [1.29, 1.82) is 0 Å². The van der Waals surface area contributed by atoms with Gasteiger partial charge in [0.25, 0.3) is 11.8 Å². The Morgan fingerprint density at radius 3 is 2.21 bits per heavy atom. The van der Waals surface area contributed by atoms with Crippen LogP contribution >= 0.6 is 0 Å². The molecule has 6 nitrogen and oxygen atoms in total. The van der Waals surface area contributed by atoms with Crippen molar-refractivity contribution < 1.29 is 14.4 Å². The molecule has 2 unspecified atom stereocenters. The van der Waals surface area contributed by atoms with Crippen LogP contribution in [0.3, 0.4) is 0 Å². The second kappa shape index (κ2) is 11.1. The van der Waals surface area contributed by atoms with E-state index in [9.17, 15) is 14.4 Å². The van der Waals surface area contributed by atoms with Crippen molar-refractivity contribution in [2.24, 2.45) is 5.92 Å². The van der Waals surface area contributed by atoms with Gasteiger partial charge < -0.3 is 15.5 Å². The van der Waals surface area contributed by atoms with E-state index in [4.69, 9.17) is 0 Å². The minimum atomic E-state index is -0.636. The zero-order valence-electron chi connectivity index (χ0n) is 20.1. The molecule has 0 bridgehead atoms. The van der Waals surface area contributed by atoms with E-state index in [0.29, 0.717) is 37.1 Å². The Morgan fingerprint density at radius 1 is 0.939 bits per heavy atom. The van der Waals surface area contributed by atoms with Crippen LogP contribution in [0.15, 0.2) is 48.5 Å². The van der Waals surface area contributed by atoms with Gasteiger partial charge >= 0.3 is 0 Å². The highest BCUT2D eigenvalue weighted by molar-refractivity contribution is 5.98. The van der Waals surface area contributed by atoms with E-state index in [1.54, 1.807) is 6.07 Å². The molecule has 0 saturated carbocycles. The van der Waals surface area contributed by atoms with Crippen molar-refractivity contribution in [2.75, 3.05) is 13.1 Å². The van der Waals surface area contributed by atoms with Crippen LogP contribution < -0.4 is 10.6 Å². The Bertz CT molecular complexity index is 978. The van der Waals surface area contributed by atoms with Gasteiger partial charge in [-0.05, 0) is 70.2 Å². The second-order valence-electron chi connectivity index (χ2n) is 9.13. The number of benzene rings is 2. The Balaban J connectivity index is 1.70. The molecule has 1 aliphatic heterocycles. The fourth-order valence-electron chi connectivity index (χ4n) is 4.16. The van der Waals surface area contributed by atoms with E-state index >= 15 is 0 Å². The molecular formula is C27H35N3O3. The van der Waals surface area contributed by atoms with Crippen LogP contribution in [0, 0.1) is 19.8 Å². The summed E-state index contributed by atoms with van der Waals surface area (Å²) in [5.41, 5.74) is 3.33. The molecule has 3 amide bonds. The summed E-state index contributed by atoms with van der Waals surface area (Å²) in [5, 5.41) is 6.01. The molecule has 0 aliphatic carbocycles. The Hall–Kier alpha value is -3.15. The van der Waals surface area contributed by atoms with Crippen molar-refractivity contribution in [2.45, 2.75) is 59.0 Å². The van der Waals surface area contributed by atoms with Gasteiger partial charge in [-0.25, -0.2) is 0 Å². The molecule has 176 valence electrons. The summed E-state index contributed by atoms with van der Waals surface area (Å²) in [5.74, 6) is -0.433. The molecular weight excluding hydrogens is 414 g/mol. The number of nitrogens with zero attached hydrogens (tertiary/aromatic N) is 1. The number of aryl methyl sites for hydroxylation is 2. The number of likely N-dealkylation sites (tertiary alicyclic amines) is 1. The quantitative estimate of drug-likeness (QED) is 0.674. The third kappa shape index (κ3) is 6.44. The molecule has 2 N–H and O–H groups in total. The van der Waals surface area contributed by atoms with Gasteiger partial charge in [0.05, 0.1) is 0 Å². The van der Waals surface area contributed by atoms with E-state index < -0.39 is 6.04 Å². The minimum absolute atomic E-state index is 0.0119. The lowest BCUT2D eigenvalue weighted by molar-refractivity contribution is -0.125. The van der Waals surface area contributed by atoms with Crippen molar-refractivity contribution in [3.63, 3.8) is 0 Å². The number of hydrogen-bond donors (Lipinski definition) is 2. The van der Waals surface area contributed by atoms with Gasteiger partial charge in [0.1, 0.15) is 6.04 Å². The molecule has 33 heavy (non-hydrogen) atoms. The molecule has 3 rings (SSSR count). The van der Waals surface area contributed by atoms with Crippen LogP contribution in [-0.4, -0.2) is 47.8 Å². The fourth-order valence-corrected chi connectivity index (χ4v) is 4.16. The summed E-state index contributed by atoms with van der Waals surface area (Å²) in [7, 11) is 0. The summed E-state index contributed by atoms with van der Waals surface area (Å²) >= 11 is 0. The van der Waals surface area contributed by atoms with Crippen LogP contribution in [0.4, 0.5) is 0 Å². The zero-order chi connectivity index (χ0) is 24.0. The molecule has 0 aromatic heterocycles. The third-order valence-electron chi connectivity index (χ3n) is 6.45. The summed E-state index contributed by atoms with van der Waals surface area (Å²) in [6, 6.07) is 14.3. The van der Waals surface area contributed by atoms with Gasteiger partial charge in [0.15, 0.2) is 0 Å². The smallest absolute Gasteiger partial charge is 0.253 e. The van der Waals surface area contributed by atoms with E-state index in [1.165, 1.54) is 0 Å². The predicted octanol–water partition coefficient (Wildman–Crippen LogP) is 3.87. The number of hydrogen-bond acceptors (Lipinski definition) is 3. The highest BCUT2D eigenvalue weighted by Crippen LogP contribution is 2.23. The summed E-state index contributed by atoms with van der Waals surface area (Å²) in [6.45, 7) is 9.02. The number of piperidine rings is 1. The van der Waals surface area contributed by atoms with Crippen molar-refractivity contribution in [3.8, 4) is 0 Å². The summed E-state index contributed by atoms with van der Waals surface area (Å²) in [4.78, 5) is 40.8. The molecule has 2 aromatic carbocycles. The number of nitrogens with one attached hydrogen (secondary N) is 2. The molecule has 0 spiro atoms.